The van der Waals surface area contributed by atoms with E-state index in [1.54, 1.807) is 0 Å². The molecule has 2 unspecified atom stereocenters. The van der Waals surface area contributed by atoms with Crippen LogP contribution in [0.15, 0.2) is 24.3 Å². The van der Waals surface area contributed by atoms with E-state index in [4.69, 9.17) is 37.6 Å². The number of aromatic carboxylic acids is 2. The highest BCUT2D eigenvalue weighted by atomic mass is 16.4. The molecule has 234 valence electrons. The lowest BCUT2D eigenvalue weighted by Crippen LogP contribution is -2.45. The average Bonchev–Trinajstić information content (AvgIpc) is 2.87. The smallest absolute Gasteiger partial charge is 0.335 e. The van der Waals surface area contributed by atoms with E-state index in [0.29, 0.717) is 30.3 Å². The molecule has 0 aromatic heterocycles. The van der Waals surface area contributed by atoms with Gasteiger partial charge in [-0.15, -0.1) is 0 Å². The van der Waals surface area contributed by atoms with E-state index in [1.807, 2.05) is 0 Å². The molecule has 1 aromatic rings. The highest BCUT2D eigenvalue weighted by Gasteiger charge is 2.38. The summed E-state index contributed by atoms with van der Waals surface area (Å²) >= 11 is 0. The molecule has 0 amide bonds. The first kappa shape index (κ1) is 38.0. The van der Waals surface area contributed by atoms with Gasteiger partial charge in [-0.25, -0.2) is 9.59 Å². The van der Waals surface area contributed by atoms with Gasteiger partial charge in [0.25, 0.3) is 0 Å². The molecule has 0 aliphatic heterocycles. The van der Waals surface area contributed by atoms with E-state index >= 15 is 0 Å². The first-order valence-corrected chi connectivity index (χ1v) is 14.2. The fraction of sp³-hybridized carbons (Fsp3) is 0.667. The molecule has 11 nitrogen and oxygen atoms in total. The van der Waals surface area contributed by atoms with Crippen molar-refractivity contribution in [3.05, 3.63) is 35.4 Å². The molecule has 2 atom stereocenters. The monoisotopic (exact) mass is 581 g/mol. The number of rotatable bonds is 8. The first-order chi connectivity index (χ1) is 19.0. The molecule has 0 radical (unpaired) electrons. The maximum Gasteiger partial charge on any atom is 0.335 e. The van der Waals surface area contributed by atoms with Gasteiger partial charge in [-0.1, -0.05) is 46.1 Å². The Hall–Kier alpha value is -3.02. The number of benzene rings is 1. The summed E-state index contributed by atoms with van der Waals surface area (Å²) in [6.45, 7) is 7.61. The van der Waals surface area contributed by atoms with Crippen LogP contribution in [0, 0.1) is 10.8 Å². The van der Waals surface area contributed by atoms with Crippen LogP contribution >= 0.6 is 0 Å². The van der Waals surface area contributed by atoms with Gasteiger partial charge >= 0.3 is 23.9 Å². The maximum absolute atomic E-state index is 10.4. The largest absolute Gasteiger partial charge is 0.481 e. The highest BCUT2D eigenvalue weighted by Crippen LogP contribution is 2.44. The normalized spacial score (nSPS) is 21.4. The van der Waals surface area contributed by atoms with Gasteiger partial charge < -0.3 is 37.6 Å². The summed E-state index contributed by atoms with van der Waals surface area (Å²) in [6.07, 6.45) is 11.1. The quantitative estimate of drug-likeness (QED) is 0.210. The molecule has 2 fully saturated rings. The van der Waals surface area contributed by atoms with E-state index in [9.17, 15) is 19.2 Å². The molecule has 1 aromatic carbocycles. The zero-order valence-corrected chi connectivity index (χ0v) is 24.8. The summed E-state index contributed by atoms with van der Waals surface area (Å²) in [7, 11) is 0. The lowest BCUT2D eigenvalue weighted by atomic mass is 9.63. The van der Waals surface area contributed by atoms with Crippen molar-refractivity contribution in [2.75, 3.05) is 6.54 Å². The number of hydrogen-bond donors (Lipinski definition) is 7. The lowest BCUT2D eigenvalue weighted by Gasteiger charge is -2.45. The van der Waals surface area contributed by atoms with Crippen LogP contribution in [0.5, 0.6) is 0 Å². The first-order valence-electron chi connectivity index (χ1n) is 14.2. The third-order valence-corrected chi connectivity index (χ3v) is 7.01. The number of carboxylic acids is 4. The molecule has 0 saturated heterocycles. The van der Waals surface area contributed by atoms with E-state index in [2.05, 4.69) is 20.8 Å². The SMILES string of the molecule is CC1(C)CC(N)CC(C)(CN)C1.NC1CCCCC1.O=C(O)CCCCC(=O)O.O=C(O)c1cccc(C(=O)O)c1. The maximum atomic E-state index is 10.4. The van der Waals surface area contributed by atoms with Crippen molar-refractivity contribution in [1.29, 1.82) is 0 Å². The second-order valence-electron chi connectivity index (χ2n) is 12.1. The Morgan fingerprint density at radius 2 is 1.24 bits per heavy atom. The van der Waals surface area contributed by atoms with E-state index in [-0.39, 0.29) is 29.4 Å². The van der Waals surface area contributed by atoms with Crippen LogP contribution in [-0.4, -0.2) is 62.9 Å². The van der Waals surface area contributed by atoms with Crippen molar-refractivity contribution < 1.29 is 39.6 Å². The number of unbranched alkanes of at least 4 members (excludes halogenated alkanes) is 1. The molecule has 2 saturated carbocycles. The van der Waals surface area contributed by atoms with Crippen LogP contribution in [0.2, 0.25) is 0 Å². The molecule has 41 heavy (non-hydrogen) atoms. The average molecular weight is 582 g/mol. The zero-order valence-electron chi connectivity index (χ0n) is 24.8. The molecule has 2 aliphatic carbocycles. The minimum absolute atomic E-state index is 0.0186. The van der Waals surface area contributed by atoms with Crippen LogP contribution in [0.3, 0.4) is 0 Å². The summed E-state index contributed by atoms with van der Waals surface area (Å²) in [5.41, 5.74) is 18.0. The summed E-state index contributed by atoms with van der Waals surface area (Å²) < 4.78 is 0. The Morgan fingerprint density at radius 1 is 0.780 bits per heavy atom. The predicted molar refractivity (Wildman–Crippen MR) is 158 cm³/mol. The highest BCUT2D eigenvalue weighted by molar-refractivity contribution is 5.93. The minimum Gasteiger partial charge on any atom is -0.481 e. The summed E-state index contributed by atoms with van der Waals surface area (Å²) in [5.74, 6) is -3.99. The minimum atomic E-state index is -1.13. The Morgan fingerprint density at radius 3 is 1.56 bits per heavy atom. The molecule has 0 spiro atoms. The lowest BCUT2D eigenvalue weighted by molar-refractivity contribution is -0.139. The van der Waals surface area contributed by atoms with E-state index in [1.165, 1.54) is 56.7 Å². The van der Waals surface area contributed by atoms with Crippen LogP contribution in [0.4, 0.5) is 0 Å². The summed E-state index contributed by atoms with van der Waals surface area (Å²) in [5, 5.41) is 33.3. The van der Waals surface area contributed by atoms with Crippen molar-refractivity contribution in [1.82, 2.24) is 0 Å². The molecular formula is C30H51N3O8. The predicted octanol–water partition coefficient (Wildman–Crippen LogP) is 4.57. The van der Waals surface area contributed by atoms with Gasteiger partial charge in [0.05, 0.1) is 11.1 Å². The molecular weight excluding hydrogens is 530 g/mol. The standard InChI is InChI=1S/C10H22N2.C8H6O4.C6H13N.C6H10O4/c1-9(2)4-8(12)5-10(3,6-9)7-11;9-7(10)5-2-1-3-6(4-5)8(11)12;7-6-4-2-1-3-5-6;7-5(8)3-1-2-4-6(9)10/h8H,4-7,11-12H2,1-3H3;1-4H,(H,9,10)(H,11,12);6H,1-5,7H2;1-4H2,(H,7,8)(H,9,10). The zero-order chi connectivity index (χ0) is 31.6. The fourth-order valence-corrected chi connectivity index (χ4v) is 5.34. The second kappa shape index (κ2) is 19.2. The van der Waals surface area contributed by atoms with Gasteiger partial charge in [0.15, 0.2) is 0 Å². The van der Waals surface area contributed by atoms with Gasteiger partial charge in [0.2, 0.25) is 0 Å². The Balaban J connectivity index is 0.000000530. The van der Waals surface area contributed by atoms with Crippen molar-refractivity contribution >= 4 is 23.9 Å². The van der Waals surface area contributed by atoms with Crippen LogP contribution < -0.4 is 17.2 Å². The van der Waals surface area contributed by atoms with Gasteiger partial charge in [0.1, 0.15) is 0 Å². The molecule has 3 rings (SSSR count). The van der Waals surface area contributed by atoms with Gasteiger partial charge in [-0.3, -0.25) is 9.59 Å². The molecule has 2 aliphatic rings. The van der Waals surface area contributed by atoms with Crippen LogP contribution in [-0.2, 0) is 9.59 Å². The van der Waals surface area contributed by atoms with E-state index < -0.39 is 23.9 Å². The number of hydrogen-bond acceptors (Lipinski definition) is 7. The van der Waals surface area contributed by atoms with Gasteiger partial charge in [-0.2, -0.15) is 0 Å². The Labute approximate surface area is 243 Å². The molecule has 0 heterocycles. The molecule has 0 bridgehead atoms. The number of aliphatic carboxylic acids is 2. The van der Waals surface area contributed by atoms with Crippen molar-refractivity contribution in [3.63, 3.8) is 0 Å². The third kappa shape index (κ3) is 18.9. The van der Waals surface area contributed by atoms with Crippen molar-refractivity contribution in [2.45, 2.75) is 110 Å². The van der Waals surface area contributed by atoms with Crippen molar-refractivity contribution in [2.24, 2.45) is 28.0 Å². The van der Waals surface area contributed by atoms with Crippen LogP contribution in [0.1, 0.15) is 119 Å². The third-order valence-electron chi connectivity index (χ3n) is 7.01. The van der Waals surface area contributed by atoms with Crippen LogP contribution in [0.25, 0.3) is 0 Å². The Kier molecular flexibility index (Phi) is 17.8. The summed E-state index contributed by atoms with van der Waals surface area (Å²) in [6, 6.07) is 6.08. The summed E-state index contributed by atoms with van der Waals surface area (Å²) in [4.78, 5) is 40.6. The van der Waals surface area contributed by atoms with Gasteiger partial charge in [0, 0.05) is 24.9 Å². The molecule has 10 N–H and O–H groups in total. The van der Waals surface area contributed by atoms with Crippen molar-refractivity contribution in [3.8, 4) is 0 Å². The number of nitrogens with two attached hydrogens (primary N) is 3. The second-order valence-corrected chi connectivity index (χ2v) is 12.1. The van der Waals surface area contributed by atoms with E-state index in [0.717, 1.165) is 25.5 Å². The van der Waals surface area contributed by atoms with Gasteiger partial charge in [-0.05, 0) is 80.5 Å². The molecule has 11 heteroatoms. The number of carbonyl (C=O) groups is 4. The fourth-order valence-electron chi connectivity index (χ4n) is 5.34. The topological polar surface area (TPSA) is 227 Å². The Bertz CT molecular complexity index is 918. The number of carboxylic acid groups (broad SMARTS) is 4.